The number of nitrogens with zero attached hydrogens (tertiary/aromatic N) is 2. The van der Waals surface area contributed by atoms with Crippen LogP contribution in [0.1, 0.15) is 36.0 Å². The van der Waals surface area contributed by atoms with Crippen LogP contribution in [0.15, 0.2) is 24.3 Å². The number of carbonyl (C=O) groups excluding carboxylic acids is 2. The van der Waals surface area contributed by atoms with E-state index >= 15 is 0 Å². The zero-order valence-corrected chi connectivity index (χ0v) is 15.2. The SMILES string of the molecule is O=C(O)[C@H]1CCCN(C(=O)C2CCCN2C(=O)c2ccccc2OC(F)F)C1. The Hall–Kier alpha value is -2.71. The second-order valence-electron chi connectivity index (χ2n) is 6.99. The molecule has 0 aliphatic carbocycles. The first kappa shape index (κ1) is 20.0. The monoisotopic (exact) mass is 396 g/mol. The molecular weight excluding hydrogens is 374 g/mol. The first-order chi connectivity index (χ1) is 13.4. The molecule has 0 bridgehead atoms. The Morgan fingerprint density at radius 2 is 1.82 bits per heavy atom. The molecule has 2 saturated heterocycles. The van der Waals surface area contributed by atoms with Crippen molar-refractivity contribution in [2.45, 2.75) is 38.3 Å². The minimum Gasteiger partial charge on any atom is -0.481 e. The summed E-state index contributed by atoms with van der Waals surface area (Å²) in [5, 5.41) is 9.22. The summed E-state index contributed by atoms with van der Waals surface area (Å²) in [5.74, 6) is -2.61. The van der Waals surface area contributed by atoms with Gasteiger partial charge in [0.25, 0.3) is 5.91 Å². The number of benzene rings is 1. The molecule has 1 N–H and O–H groups in total. The fourth-order valence-corrected chi connectivity index (χ4v) is 3.85. The molecule has 0 spiro atoms. The van der Waals surface area contributed by atoms with Crippen molar-refractivity contribution in [3.8, 4) is 5.75 Å². The summed E-state index contributed by atoms with van der Waals surface area (Å²) in [5.41, 5.74) is -0.0236. The number of carboxylic acid groups (broad SMARTS) is 1. The molecule has 2 amide bonds. The Morgan fingerprint density at radius 1 is 1.11 bits per heavy atom. The van der Waals surface area contributed by atoms with Gasteiger partial charge in [-0.3, -0.25) is 14.4 Å². The number of hydrogen-bond donors (Lipinski definition) is 1. The van der Waals surface area contributed by atoms with E-state index in [0.29, 0.717) is 38.8 Å². The molecule has 0 saturated carbocycles. The Bertz CT molecular complexity index is 758. The summed E-state index contributed by atoms with van der Waals surface area (Å²) in [6, 6.07) is 4.98. The van der Waals surface area contributed by atoms with E-state index in [9.17, 15) is 28.3 Å². The molecule has 28 heavy (non-hydrogen) atoms. The standard InChI is InChI=1S/C19H22F2N2O5/c20-19(21)28-15-8-2-1-6-13(15)16(24)23-10-4-7-14(23)17(25)22-9-3-5-12(11-22)18(26)27/h1-2,6,8,12,14,19H,3-5,7,9-11H2,(H,26,27)/t12-,14?/m0/s1. The number of likely N-dealkylation sites (tertiary alicyclic amines) is 2. The van der Waals surface area contributed by atoms with Gasteiger partial charge in [0.05, 0.1) is 11.5 Å². The number of ether oxygens (including phenoxy) is 1. The van der Waals surface area contributed by atoms with Crippen LogP contribution >= 0.6 is 0 Å². The molecule has 152 valence electrons. The number of piperidine rings is 1. The van der Waals surface area contributed by atoms with Crippen LogP contribution in [0.5, 0.6) is 5.75 Å². The Morgan fingerprint density at radius 3 is 2.54 bits per heavy atom. The average Bonchev–Trinajstić information content (AvgIpc) is 3.16. The highest BCUT2D eigenvalue weighted by Gasteiger charge is 2.39. The van der Waals surface area contributed by atoms with Crippen LogP contribution < -0.4 is 4.74 Å². The van der Waals surface area contributed by atoms with Crippen LogP contribution in [0.3, 0.4) is 0 Å². The van der Waals surface area contributed by atoms with E-state index in [1.54, 1.807) is 6.07 Å². The molecule has 7 nitrogen and oxygen atoms in total. The van der Waals surface area contributed by atoms with E-state index in [-0.39, 0.29) is 23.8 Å². The summed E-state index contributed by atoms with van der Waals surface area (Å²) in [7, 11) is 0. The first-order valence-electron chi connectivity index (χ1n) is 9.25. The van der Waals surface area contributed by atoms with Gasteiger partial charge < -0.3 is 19.6 Å². The van der Waals surface area contributed by atoms with Crippen molar-refractivity contribution in [2.75, 3.05) is 19.6 Å². The van der Waals surface area contributed by atoms with Crippen LogP contribution in [0.2, 0.25) is 0 Å². The normalized spacial score (nSPS) is 22.4. The Balaban J connectivity index is 1.77. The van der Waals surface area contributed by atoms with Crippen molar-refractivity contribution in [1.82, 2.24) is 9.80 Å². The first-order valence-corrected chi connectivity index (χ1v) is 9.25. The van der Waals surface area contributed by atoms with E-state index in [1.165, 1.54) is 28.0 Å². The van der Waals surface area contributed by atoms with Gasteiger partial charge >= 0.3 is 12.6 Å². The topological polar surface area (TPSA) is 87.2 Å². The Kier molecular flexibility index (Phi) is 6.11. The summed E-state index contributed by atoms with van der Waals surface area (Å²) in [6.07, 6.45) is 2.17. The fourth-order valence-electron chi connectivity index (χ4n) is 3.85. The van der Waals surface area contributed by atoms with E-state index in [1.807, 2.05) is 0 Å². The molecule has 2 aliphatic rings. The lowest BCUT2D eigenvalue weighted by Gasteiger charge is -2.35. The quantitative estimate of drug-likeness (QED) is 0.825. The van der Waals surface area contributed by atoms with Gasteiger partial charge in [0, 0.05) is 19.6 Å². The van der Waals surface area contributed by atoms with Gasteiger partial charge in [-0.25, -0.2) is 0 Å². The summed E-state index contributed by atoms with van der Waals surface area (Å²) < 4.78 is 29.7. The van der Waals surface area contributed by atoms with Crippen molar-refractivity contribution in [3.63, 3.8) is 0 Å². The third kappa shape index (κ3) is 4.23. The van der Waals surface area contributed by atoms with Crippen LogP contribution in [-0.4, -0.2) is 65.0 Å². The number of halogens is 2. The van der Waals surface area contributed by atoms with Crippen LogP contribution in [0.4, 0.5) is 8.78 Å². The van der Waals surface area contributed by atoms with Crippen molar-refractivity contribution < 1.29 is 33.0 Å². The number of hydrogen-bond acceptors (Lipinski definition) is 4. The Labute approximate surface area is 160 Å². The lowest BCUT2D eigenvalue weighted by atomic mass is 9.97. The van der Waals surface area contributed by atoms with Crippen LogP contribution in [0.25, 0.3) is 0 Å². The van der Waals surface area contributed by atoms with Crippen molar-refractivity contribution in [2.24, 2.45) is 5.92 Å². The van der Waals surface area contributed by atoms with Gasteiger partial charge in [0.1, 0.15) is 11.8 Å². The second kappa shape index (κ2) is 8.53. The number of carbonyl (C=O) groups is 3. The van der Waals surface area contributed by atoms with Gasteiger partial charge in [0.2, 0.25) is 5.91 Å². The summed E-state index contributed by atoms with van der Waals surface area (Å²) in [6.45, 7) is -2.16. The molecule has 2 atom stereocenters. The summed E-state index contributed by atoms with van der Waals surface area (Å²) >= 11 is 0. The third-order valence-corrected chi connectivity index (χ3v) is 5.21. The number of carboxylic acids is 1. The summed E-state index contributed by atoms with van der Waals surface area (Å²) in [4.78, 5) is 40.0. The number of alkyl halides is 2. The van der Waals surface area contributed by atoms with Gasteiger partial charge in [-0.05, 0) is 37.8 Å². The average molecular weight is 396 g/mol. The van der Waals surface area contributed by atoms with Gasteiger partial charge in [0.15, 0.2) is 0 Å². The van der Waals surface area contributed by atoms with Crippen molar-refractivity contribution >= 4 is 17.8 Å². The van der Waals surface area contributed by atoms with E-state index < -0.39 is 30.4 Å². The molecule has 0 radical (unpaired) electrons. The molecule has 2 aliphatic heterocycles. The third-order valence-electron chi connectivity index (χ3n) is 5.21. The zero-order valence-electron chi connectivity index (χ0n) is 15.2. The molecule has 1 aromatic rings. The second-order valence-corrected chi connectivity index (χ2v) is 6.99. The smallest absolute Gasteiger partial charge is 0.387 e. The largest absolute Gasteiger partial charge is 0.481 e. The van der Waals surface area contributed by atoms with E-state index in [2.05, 4.69) is 4.74 Å². The van der Waals surface area contributed by atoms with E-state index in [4.69, 9.17) is 0 Å². The van der Waals surface area contributed by atoms with Gasteiger partial charge in [-0.1, -0.05) is 12.1 Å². The maximum absolute atomic E-state index is 13.0. The predicted octanol–water partition coefficient (Wildman–Crippen LogP) is 2.22. The minimum atomic E-state index is -3.06. The maximum Gasteiger partial charge on any atom is 0.387 e. The van der Waals surface area contributed by atoms with E-state index in [0.717, 1.165) is 0 Å². The molecule has 2 fully saturated rings. The molecule has 9 heteroatoms. The highest BCUT2D eigenvalue weighted by Crippen LogP contribution is 2.28. The van der Waals surface area contributed by atoms with Gasteiger partial charge in [-0.15, -0.1) is 0 Å². The number of para-hydroxylation sites is 1. The van der Waals surface area contributed by atoms with Gasteiger partial charge in [-0.2, -0.15) is 8.78 Å². The molecular formula is C19H22F2N2O5. The molecule has 0 aromatic heterocycles. The fraction of sp³-hybridized carbons (Fsp3) is 0.526. The zero-order chi connectivity index (χ0) is 20.3. The lowest BCUT2D eigenvalue weighted by molar-refractivity contribution is -0.146. The highest BCUT2D eigenvalue weighted by molar-refractivity contribution is 6.00. The highest BCUT2D eigenvalue weighted by atomic mass is 19.3. The lowest BCUT2D eigenvalue weighted by Crippen LogP contribution is -2.51. The number of aliphatic carboxylic acids is 1. The molecule has 3 rings (SSSR count). The number of rotatable bonds is 5. The van der Waals surface area contributed by atoms with Crippen LogP contribution in [-0.2, 0) is 9.59 Å². The molecule has 1 unspecified atom stereocenters. The number of amides is 2. The maximum atomic E-state index is 13.0. The predicted molar refractivity (Wildman–Crippen MR) is 94.1 cm³/mol. The molecule has 2 heterocycles. The van der Waals surface area contributed by atoms with Crippen molar-refractivity contribution in [1.29, 1.82) is 0 Å². The minimum absolute atomic E-state index is 0.0236. The van der Waals surface area contributed by atoms with Crippen molar-refractivity contribution in [3.05, 3.63) is 29.8 Å². The van der Waals surface area contributed by atoms with Crippen LogP contribution in [0, 0.1) is 5.92 Å². The molecule has 1 aromatic carbocycles.